The lowest BCUT2D eigenvalue weighted by molar-refractivity contribution is 0.392. The molecule has 7 heteroatoms. The van der Waals surface area contributed by atoms with E-state index in [0.29, 0.717) is 12.4 Å². The fourth-order valence-electron chi connectivity index (χ4n) is 2.01. The Morgan fingerprint density at radius 3 is 2.75 bits per heavy atom. The Morgan fingerprint density at radius 1 is 1.25 bits per heavy atom. The van der Waals surface area contributed by atoms with Crippen LogP contribution in [0.25, 0.3) is 0 Å². The van der Waals surface area contributed by atoms with Gasteiger partial charge in [0, 0.05) is 47.6 Å². The van der Waals surface area contributed by atoms with Gasteiger partial charge in [0.15, 0.2) is 5.96 Å². The fourth-order valence-corrected chi connectivity index (χ4v) is 2.91. The molecule has 2 N–H and O–H groups in total. The smallest absolute Gasteiger partial charge is 0.218 e. The van der Waals surface area contributed by atoms with E-state index in [-0.39, 0.29) is 0 Å². The van der Waals surface area contributed by atoms with Gasteiger partial charge in [-0.15, -0.1) is 11.8 Å². The normalized spacial score (nSPS) is 11.2. The monoisotopic (exact) mass is 364 g/mol. The highest BCUT2D eigenvalue weighted by Gasteiger charge is 2.04. The number of thioether (sulfide) groups is 1. The summed E-state index contributed by atoms with van der Waals surface area (Å²) >= 11 is 7.65. The fraction of sp³-hybridized carbons (Fsp3) is 0.294. The van der Waals surface area contributed by atoms with Crippen molar-refractivity contribution >= 4 is 29.3 Å². The number of hydrogen-bond donors (Lipinski definition) is 2. The van der Waals surface area contributed by atoms with Crippen LogP contribution in [-0.4, -0.2) is 37.4 Å². The molecule has 0 amide bonds. The molecule has 0 aliphatic rings. The van der Waals surface area contributed by atoms with E-state index in [0.717, 1.165) is 28.8 Å². The van der Waals surface area contributed by atoms with Crippen molar-refractivity contribution in [3.05, 3.63) is 53.2 Å². The molecule has 0 saturated heterocycles. The Morgan fingerprint density at radius 2 is 2.04 bits per heavy atom. The number of benzene rings is 1. The molecule has 2 rings (SSSR count). The number of pyridine rings is 1. The highest BCUT2D eigenvalue weighted by molar-refractivity contribution is 7.99. The zero-order chi connectivity index (χ0) is 17.2. The van der Waals surface area contributed by atoms with Crippen molar-refractivity contribution in [2.45, 2.75) is 11.4 Å². The van der Waals surface area contributed by atoms with E-state index in [1.54, 1.807) is 32.1 Å². The standard InChI is InChI=1S/C17H21ClN4OS/c1-19-17(22-12-13-4-3-9-20-16(13)23-2)21-10-11-24-15-7-5-14(18)6-8-15/h3-9H,10-12H2,1-2H3,(H2,19,21,22). The molecule has 0 spiro atoms. The van der Waals surface area contributed by atoms with Gasteiger partial charge < -0.3 is 15.4 Å². The largest absolute Gasteiger partial charge is 0.481 e. The highest BCUT2D eigenvalue weighted by Crippen LogP contribution is 2.19. The molecule has 128 valence electrons. The first-order chi connectivity index (χ1) is 11.7. The molecule has 1 aromatic heterocycles. The Balaban J connectivity index is 1.73. The summed E-state index contributed by atoms with van der Waals surface area (Å²) in [5.41, 5.74) is 0.985. The van der Waals surface area contributed by atoms with E-state index in [1.165, 1.54) is 4.90 Å². The Kier molecular flexibility index (Phi) is 7.71. The summed E-state index contributed by atoms with van der Waals surface area (Å²) in [4.78, 5) is 9.60. The van der Waals surface area contributed by atoms with E-state index in [1.807, 2.05) is 36.4 Å². The first-order valence-corrected chi connectivity index (χ1v) is 8.90. The number of ether oxygens (including phenoxy) is 1. The molecule has 0 aliphatic carbocycles. The van der Waals surface area contributed by atoms with Gasteiger partial charge in [0.2, 0.25) is 5.88 Å². The van der Waals surface area contributed by atoms with Crippen LogP contribution in [0.3, 0.4) is 0 Å². The quantitative estimate of drug-likeness (QED) is 0.342. The average molecular weight is 365 g/mol. The second kappa shape index (κ2) is 10.1. The summed E-state index contributed by atoms with van der Waals surface area (Å²) in [5, 5.41) is 7.31. The summed E-state index contributed by atoms with van der Waals surface area (Å²) < 4.78 is 5.24. The molecule has 0 fully saturated rings. The minimum atomic E-state index is 0.598. The summed E-state index contributed by atoms with van der Waals surface area (Å²) in [7, 11) is 3.37. The van der Waals surface area contributed by atoms with Crippen LogP contribution < -0.4 is 15.4 Å². The molecular formula is C17H21ClN4OS. The van der Waals surface area contributed by atoms with Crippen molar-refractivity contribution in [1.82, 2.24) is 15.6 Å². The van der Waals surface area contributed by atoms with Crippen LogP contribution in [0.2, 0.25) is 5.02 Å². The average Bonchev–Trinajstić information content (AvgIpc) is 2.63. The number of halogens is 1. The molecule has 0 atom stereocenters. The Hall–Kier alpha value is -1.92. The molecule has 5 nitrogen and oxygen atoms in total. The summed E-state index contributed by atoms with van der Waals surface area (Å²) in [6.45, 7) is 1.40. The van der Waals surface area contributed by atoms with Crippen LogP contribution in [0.4, 0.5) is 0 Å². The van der Waals surface area contributed by atoms with E-state index < -0.39 is 0 Å². The third-order valence-electron chi connectivity index (χ3n) is 3.19. The maximum absolute atomic E-state index is 5.88. The molecule has 2 aromatic rings. The lowest BCUT2D eigenvalue weighted by Gasteiger charge is -2.13. The van der Waals surface area contributed by atoms with Gasteiger partial charge in [-0.25, -0.2) is 4.98 Å². The summed E-state index contributed by atoms with van der Waals surface area (Å²) in [6, 6.07) is 11.7. The van der Waals surface area contributed by atoms with Gasteiger partial charge in [-0.1, -0.05) is 17.7 Å². The van der Waals surface area contributed by atoms with Gasteiger partial charge in [-0.05, 0) is 30.3 Å². The predicted molar refractivity (Wildman–Crippen MR) is 101 cm³/mol. The van der Waals surface area contributed by atoms with Crippen LogP contribution in [0, 0.1) is 0 Å². The zero-order valence-electron chi connectivity index (χ0n) is 13.8. The number of rotatable bonds is 7. The van der Waals surface area contributed by atoms with Gasteiger partial charge in [0.1, 0.15) is 0 Å². The minimum Gasteiger partial charge on any atom is -0.481 e. The molecule has 1 heterocycles. The lowest BCUT2D eigenvalue weighted by Crippen LogP contribution is -2.38. The predicted octanol–water partition coefficient (Wildman–Crippen LogP) is 3.20. The van der Waals surface area contributed by atoms with E-state index in [9.17, 15) is 0 Å². The Labute approximate surface area is 151 Å². The van der Waals surface area contributed by atoms with E-state index in [2.05, 4.69) is 20.6 Å². The zero-order valence-corrected chi connectivity index (χ0v) is 15.3. The molecule has 24 heavy (non-hydrogen) atoms. The number of nitrogens with zero attached hydrogens (tertiary/aromatic N) is 2. The van der Waals surface area contributed by atoms with Gasteiger partial charge >= 0.3 is 0 Å². The number of nitrogens with one attached hydrogen (secondary N) is 2. The number of aromatic nitrogens is 1. The molecule has 0 bridgehead atoms. The third-order valence-corrected chi connectivity index (χ3v) is 4.46. The van der Waals surface area contributed by atoms with Crippen LogP contribution in [0.15, 0.2) is 52.5 Å². The van der Waals surface area contributed by atoms with Crippen molar-refractivity contribution in [2.24, 2.45) is 4.99 Å². The molecule has 0 radical (unpaired) electrons. The maximum Gasteiger partial charge on any atom is 0.218 e. The lowest BCUT2D eigenvalue weighted by atomic mass is 10.3. The number of methoxy groups -OCH3 is 1. The highest BCUT2D eigenvalue weighted by atomic mass is 35.5. The van der Waals surface area contributed by atoms with Crippen LogP contribution in [-0.2, 0) is 6.54 Å². The summed E-state index contributed by atoms with van der Waals surface area (Å²) in [6.07, 6.45) is 1.71. The topological polar surface area (TPSA) is 58.5 Å². The number of guanidine groups is 1. The van der Waals surface area contributed by atoms with Crippen molar-refractivity contribution in [2.75, 3.05) is 26.5 Å². The Bertz CT molecular complexity index is 664. The molecule has 1 aromatic carbocycles. The molecule has 0 unspecified atom stereocenters. The first-order valence-electron chi connectivity index (χ1n) is 7.53. The third kappa shape index (κ3) is 5.94. The maximum atomic E-state index is 5.88. The van der Waals surface area contributed by atoms with Gasteiger partial charge in [0.25, 0.3) is 0 Å². The van der Waals surface area contributed by atoms with E-state index in [4.69, 9.17) is 16.3 Å². The summed E-state index contributed by atoms with van der Waals surface area (Å²) in [5.74, 6) is 2.30. The molecule has 0 saturated carbocycles. The van der Waals surface area contributed by atoms with Crippen molar-refractivity contribution in [1.29, 1.82) is 0 Å². The second-order valence-corrected chi connectivity index (χ2v) is 6.43. The number of hydrogen-bond acceptors (Lipinski definition) is 4. The van der Waals surface area contributed by atoms with Crippen molar-refractivity contribution in [3.8, 4) is 5.88 Å². The SMILES string of the molecule is CN=C(NCCSc1ccc(Cl)cc1)NCc1cccnc1OC. The van der Waals surface area contributed by atoms with Crippen LogP contribution >= 0.6 is 23.4 Å². The van der Waals surface area contributed by atoms with E-state index >= 15 is 0 Å². The van der Waals surface area contributed by atoms with Crippen molar-refractivity contribution in [3.63, 3.8) is 0 Å². The second-order valence-electron chi connectivity index (χ2n) is 4.83. The van der Waals surface area contributed by atoms with Crippen LogP contribution in [0.1, 0.15) is 5.56 Å². The van der Waals surface area contributed by atoms with Gasteiger partial charge in [0.05, 0.1) is 7.11 Å². The first kappa shape index (κ1) is 18.4. The van der Waals surface area contributed by atoms with Crippen molar-refractivity contribution < 1.29 is 4.74 Å². The van der Waals surface area contributed by atoms with Gasteiger partial charge in [-0.3, -0.25) is 4.99 Å². The van der Waals surface area contributed by atoms with Gasteiger partial charge in [-0.2, -0.15) is 0 Å². The molecule has 0 aliphatic heterocycles. The minimum absolute atomic E-state index is 0.598. The molecular weight excluding hydrogens is 344 g/mol. The van der Waals surface area contributed by atoms with Crippen LogP contribution in [0.5, 0.6) is 5.88 Å². The number of aliphatic imine (C=N–C) groups is 1.